The van der Waals surface area contributed by atoms with Gasteiger partial charge in [0.05, 0.1) is 6.61 Å². The standard InChI is InChI=1S/C13H22N2O3/c1-4-6-10(3)12(16)15-8-7-14-9-11(15)13(17)18-5-2/h6,11,14H,4-5,7-9H2,1-3H3. The highest BCUT2D eigenvalue weighted by molar-refractivity contribution is 5.95. The van der Waals surface area contributed by atoms with Crippen LogP contribution in [0.25, 0.3) is 0 Å². The molecule has 0 radical (unpaired) electrons. The van der Waals surface area contributed by atoms with Crippen LogP contribution in [-0.4, -0.2) is 49.1 Å². The number of esters is 1. The van der Waals surface area contributed by atoms with E-state index in [4.69, 9.17) is 4.74 Å². The molecule has 1 aliphatic rings. The van der Waals surface area contributed by atoms with Gasteiger partial charge in [0, 0.05) is 25.2 Å². The second-order valence-electron chi connectivity index (χ2n) is 4.27. The highest BCUT2D eigenvalue weighted by Gasteiger charge is 2.33. The first-order valence-electron chi connectivity index (χ1n) is 6.46. The molecule has 0 aliphatic carbocycles. The molecule has 1 rings (SSSR count). The Balaban J connectivity index is 2.79. The molecule has 102 valence electrons. The van der Waals surface area contributed by atoms with E-state index in [9.17, 15) is 9.59 Å². The van der Waals surface area contributed by atoms with Crippen LogP contribution in [-0.2, 0) is 14.3 Å². The Morgan fingerprint density at radius 1 is 1.44 bits per heavy atom. The zero-order valence-corrected chi connectivity index (χ0v) is 11.4. The smallest absolute Gasteiger partial charge is 0.330 e. The largest absolute Gasteiger partial charge is 0.464 e. The Morgan fingerprint density at radius 2 is 2.17 bits per heavy atom. The molecule has 18 heavy (non-hydrogen) atoms. The summed E-state index contributed by atoms with van der Waals surface area (Å²) in [5.74, 6) is -0.404. The van der Waals surface area contributed by atoms with Crippen LogP contribution >= 0.6 is 0 Å². The first kappa shape index (κ1) is 14.7. The molecule has 1 heterocycles. The van der Waals surface area contributed by atoms with Gasteiger partial charge in [-0.05, 0) is 20.3 Å². The van der Waals surface area contributed by atoms with Crippen LogP contribution in [0.5, 0.6) is 0 Å². The fraction of sp³-hybridized carbons (Fsp3) is 0.692. The van der Waals surface area contributed by atoms with E-state index in [0.717, 1.165) is 6.42 Å². The van der Waals surface area contributed by atoms with Gasteiger partial charge in [0.1, 0.15) is 6.04 Å². The van der Waals surface area contributed by atoms with Crippen LogP contribution in [0, 0.1) is 0 Å². The third kappa shape index (κ3) is 3.57. The Labute approximate surface area is 108 Å². The lowest BCUT2D eigenvalue weighted by atomic mass is 10.1. The van der Waals surface area contributed by atoms with Gasteiger partial charge in [-0.15, -0.1) is 0 Å². The van der Waals surface area contributed by atoms with Crippen molar-refractivity contribution in [3.8, 4) is 0 Å². The normalized spacial score (nSPS) is 20.7. The van der Waals surface area contributed by atoms with E-state index < -0.39 is 6.04 Å². The first-order chi connectivity index (χ1) is 8.61. The summed E-state index contributed by atoms with van der Waals surface area (Å²) in [5.41, 5.74) is 0.689. The van der Waals surface area contributed by atoms with Gasteiger partial charge in [-0.2, -0.15) is 0 Å². The summed E-state index contributed by atoms with van der Waals surface area (Å²) in [6.07, 6.45) is 2.69. The number of amides is 1. The fourth-order valence-corrected chi connectivity index (χ4v) is 2.02. The van der Waals surface area contributed by atoms with Crippen LogP contribution < -0.4 is 5.32 Å². The lowest BCUT2D eigenvalue weighted by Gasteiger charge is -2.34. The number of nitrogens with one attached hydrogen (secondary N) is 1. The summed E-state index contributed by atoms with van der Waals surface area (Å²) in [4.78, 5) is 25.7. The molecule has 0 aromatic carbocycles. The van der Waals surface area contributed by atoms with Crippen molar-refractivity contribution in [1.29, 1.82) is 0 Å². The second kappa shape index (κ2) is 7.16. The molecular weight excluding hydrogens is 232 g/mol. The number of hydrogen-bond acceptors (Lipinski definition) is 4. The molecular formula is C13H22N2O3. The maximum Gasteiger partial charge on any atom is 0.330 e. The van der Waals surface area contributed by atoms with Crippen molar-refractivity contribution >= 4 is 11.9 Å². The third-order valence-electron chi connectivity index (χ3n) is 2.91. The van der Waals surface area contributed by atoms with E-state index in [1.807, 2.05) is 13.0 Å². The number of ether oxygens (including phenoxy) is 1. The number of hydrogen-bond donors (Lipinski definition) is 1. The Bertz CT molecular complexity index is 339. The highest BCUT2D eigenvalue weighted by atomic mass is 16.5. The van der Waals surface area contributed by atoms with Crippen LogP contribution in [0.4, 0.5) is 0 Å². The monoisotopic (exact) mass is 254 g/mol. The van der Waals surface area contributed by atoms with Gasteiger partial charge in [-0.25, -0.2) is 4.79 Å². The van der Waals surface area contributed by atoms with E-state index in [-0.39, 0.29) is 11.9 Å². The number of carbonyl (C=O) groups excluding carboxylic acids is 2. The van der Waals surface area contributed by atoms with Gasteiger partial charge in [0.2, 0.25) is 5.91 Å². The molecule has 1 unspecified atom stereocenters. The predicted molar refractivity (Wildman–Crippen MR) is 69.1 cm³/mol. The average molecular weight is 254 g/mol. The summed E-state index contributed by atoms with van der Waals surface area (Å²) >= 11 is 0. The number of carbonyl (C=O) groups is 2. The molecule has 1 fully saturated rings. The second-order valence-corrected chi connectivity index (χ2v) is 4.27. The van der Waals surface area contributed by atoms with Gasteiger partial charge < -0.3 is 15.0 Å². The van der Waals surface area contributed by atoms with E-state index in [1.165, 1.54) is 0 Å². The van der Waals surface area contributed by atoms with Gasteiger partial charge in [0.25, 0.3) is 0 Å². The highest BCUT2D eigenvalue weighted by Crippen LogP contribution is 2.11. The minimum atomic E-state index is -0.508. The topological polar surface area (TPSA) is 58.6 Å². The van der Waals surface area contributed by atoms with Crippen molar-refractivity contribution in [2.24, 2.45) is 0 Å². The summed E-state index contributed by atoms with van der Waals surface area (Å²) in [7, 11) is 0. The molecule has 1 atom stereocenters. The van der Waals surface area contributed by atoms with Gasteiger partial charge >= 0.3 is 5.97 Å². The molecule has 0 aromatic heterocycles. The van der Waals surface area contributed by atoms with Gasteiger partial charge in [0.15, 0.2) is 0 Å². The lowest BCUT2D eigenvalue weighted by Crippen LogP contribution is -2.57. The number of allylic oxidation sites excluding steroid dienone is 1. The van der Waals surface area contributed by atoms with Crippen LogP contribution in [0.1, 0.15) is 27.2 Å². The molecule has 0 bridgehead atoms. The van der Waals surface area contributed by atoms with Crippen LogP contribution in [0.3, 0.4) is 0 Å². The Hall–Kier alpha value is -1.36. The molecule has 0 spiro atoms. The van der Waals surface area contributed by atoms with Crippen molar-refractivity contribution in [3.05, 3.63) is 11.6 Å². The number of nitrogens with zero attached hydrogens (tertiary/aromatic N) is 1. The number of rotatable bonds is 4. The average Bonchev–Trinajstić information content (AvgIpc) is 2.38. The van der Waals surface area contributed by atoms with E-state index in [2.05, 4.69) is 5.32 Å². The minimum Gasteiger partial charge on any atom is -0.464 e. The SMILES string of the molecule is CCC=C(C)C(=O)N1CCNCC1C(=O)OCC. The lowest BCUT2D eigenvalue weighted by molar-refractivity contribution is -0.154. The van der Waals surface area contributed by atoms with E-state index in [1.54, 1.807) is 18.7 Å². The molecule has 5 nitrogen and oxygen atoms in total. The van der Waals surface area contributed by atoms with Crippen molar-refractivity contribution in [3.63, 3.8) is 0 Å². The number of piperazine rings is 1. The first-order valence-corrected chi connectivity index (χ1v) is 6.46. The summed E-state index contributed by atoms with van der Waals surface area (Å²) in [5, 5.41) is 3.12. The van der Waals surface area contributed by atoms with Gasteiger partial charge in [-0.3, -0.25) is 4.79 Å². The van der Waals surface area contributed by atoms with Crippen LogP contribution in [0.2, 0.25) is 0 Å². The van der Waals surface area contributed by atoms with Crippen molar-refractivity contribution in [1.82, 2.24) is 10.2 Å². The summed E-state index contributed by atoms with van der Waals surface area (Å²) < 4.78 is 5.01. The predicted octanol–water partition coefficient (Wildman–Crippen LogP) is 0.706. The van der Waals surface area contributed by atoms with Crippen LogP contribution in [0.15, 0.2) is 11.6 Å². The molecule has 1 aliphatic heterocycles. The maximum atomic E-state index is 12.2. The van der Waals surface area contributed by atoms with Gasteiger partial charge in [-0.1, -0.05) is 13.0 Å². The fourth-order valence-electron chi connectivity index (χ4n) is 2.02. The molecule has 1 amide bonds. The van der Waals surface area contributed by atoms with Crippen molar-refractivity contribution < 1.29 is 14.3 Å². The maximum absolute atomic E-state index is 12.2. The summed E-state index contributed by atoms with van der Waals surface area (Å²) in [6.45, 7) is 7.58. The third-order valence-corrected chi connectivity index (χ3v) is 2.91. The minimum absolute atomic E-state index is 0.0728. The van der Waals surface area contributed by atoms with E-state index >= 15 is 0 Å². The molecule has 0 saturated carbocycles. The summed E-state index contributed by atoms with van der Waals surface area (Å²) in [6, 6.07) is -0.508. The zero-order valence-electron chi connectivity index (χ0n) is 11.4. The van der Waals surface area contributed by atoms with Crippen molar-refractivity contribution in [2.75, 3.05) is 26.2 Å². The Kier molecular flexibility index (Phi) is 5.85. The zero-order chi connectivity index (χ0) is 13.5. The molecule has 1 saturated heterocycles. The molecule has 1 N–H and O–H groups in total. The molecule has 5 heteroatoms. The quantitative estimate of drug-likeness (QED) is 0.593. The van der Waals surface area contributed by atoms with E-state index in [0.29, 0.717) is 31.8 Å². The Morgan fingerprint density at radius 3 is 2.78 bits per heavy atom. The van der Waals surface area contributed by atoms with Crippen molar-refractivity contribution in [2.45, 2.75) is 33.2 Å². The molecule has 0 aromatic rings.